The van der Waals surface area contributed by atoms with Crippen molar-refractivity contribution in [2.75, 3.05) is 26.2 Å². The van der Waals surface area contributed by atoms with Crippen molar-refractivity contribution >= 4 is 5.91 Å². The van der Waals surface area contributed by atoms with Gasteiger partial charge in [-0.15, -0.1) is 0 Å². The summed E-state index contributed by atoms with van der Waals surface area (Å²) in [6.45, 7) is 3.34. The summed E-state index contributed by atoms with van der Waals surface area (Å²) >= 11 is 0. The molecule has 0 saturated heterocycles. The zero-order chi connectivity index (χ0) is 12.6. The first-order valence-electron chi connectivity index (χ1n) is 5.43. The summed E-state index contributed by atoms with van der Waals surface area (Å²) in [4.78, 5) is 12.8. The van der Waals surface area contributed by atoms with Crippen LogP contribution >= 0.6 is 0 Å². The minimum atomic E-state index is -2.51. The van der Waals surface area contributed by atoms with Crippen LogP contribution in [0.1, 0.15) is 20.3 Å². The van der Waals surface area contributed by atoms with Gasteiger partial charge in [0.15, 0.2) is 0 Å². The molecule has 0 aliphatic rings. The van der Waals surface area contributed by atoms with E-state index in [2.05, 4.69) is 5.32 Å². The smallest absolute Gasteiger partial charge is 0.251 e. The van der Waals surface area contributed by atoms with Gasteiger partial charge in [-0.3, -0.25) is 9.69 Å². The van der Waals surface area contributed by atoms with Gasteiger partial charge in [-0.2, -0.15) is 0 Å². The number of amides is 1. The number of nitrogens with one attached hydrogen (secondary N) is 1. The second kappa shape index (κ2) is 8.41. The van der Waals surface area contributed by atoms with Crippen molar-refractivity contribution < 1.29 is 18.7 Å². The predicted molar refractivity (Wildman–Crippen MR) is 57.4 cm³/mol. The number of aliphatic hydroxyl groups excluding tert-OH is 1. The maximum atomic E-state index is 12.2. The van der Waals surface area contributed by atoms with Crippen LogP contribution in [0.15, 0.2) is 0 Å². The van der Waals surface area contributed by atoms with E-state index in [1.807, 2.05) is 6.92 Å². The van der Waals surface area contributed by atoms with Crippen molar-refractivity contribution in [1.29, 1.82) is 0 Å². The largest absolute Gasteiger partial charge is 0.395 e. The lowest BCUT2D eigenvalue weighted by molar-refractivity contribution is -0.126. The SMILES string of the molecule is CCCNC(=O)C(C)N(CCO)CC(F)F. The molecule has 0 spiro atoms. The number of carbonyl (C=O) groups is 1. The summed E-state index contributed by atoms with van der Waals surface area (Å²) < 4.78 is 24.5. The van der Waals surface area contributed by atoms with Gasteiger partial charge >= 0.3 is 0 Å². The van der Waals surface area contributed by atoms with Gasteiger partial charge in [-0.1, -0.05) is 6.92 Å². The number of halogens is 2. The Kier molecular flexibility index (Phi) is 8.01. The van der Waals surface area contributed by atoms with Crippen LogP contribution in [0.3, 0.4) is 0 Å². The molecule has 0 heterocycles. The fraction of sp³-hybridized carbons (Fsp3) is 0.900. The number of alkyl halides is 2. The molecule has 16 heavy (non-hydrogen) atoms. The maximum Gasteiger partial charge on any atom is 0.251 e. The highest BCUT2D eigenvalue weighted by molar-refractivity contribution is 5.81. The lowest BCUT2D eigenvalue weighted by Crippen LogP contribution is -2.48. The average Bonchev–Trinajstić information content (AvgIpc) is 2.23. The minimum absolute atomic E-state index is 0.0745. The molecule has 1 amide bonds. The summed E-state index contributed by atoms with van der Waals surface area (Å²) in [5.41, 5.74) is 0. The Labute approximate surface area is 94.6 Å². The fourth-order valence-electron chi connectivity index (χ4n) is 1.31. The lowest BCUT2D eigenvalue weighted by Gasteiger charge is -2.27. The van der Waals surface area contributed by atoms with Crippen molar-refractivity contribution in [2.45, 2.75) is 32.7 Å². The van der Waals surface area contributed by atoms with Crippen LogP contribution in [0, 0.1) is 0 Å². The first kappa shape index (κ1) is 15.2. The highest BCUT2D eigenvalue weighted by Crippen LogP contribution is 2.04. The molecule has 0 radical (unpaired) electrons. The van der Waals surface area contributed by atoms with Gasteiger partial charge in [0.1, 0.15) is 0 Å². The van der Waals surface area contributed by atoms with Crippen LogP contribution in [0.2, 0.25) is 0 Å². The van der Waals surface area contributed by atoms with Crippen molar-refractivity contribution in [3.63, 3.8) is 0 Å². The van der Waals surface area contributed by atoms with Crippen LogP contribution in [0.4, 0.5) is 8.78 Å². The normalized spacial score (nSPS) is 13.2. The van der Waals surface area contributed by atoms with Gasteiger partial charge in [0, 0.05) is 13.1 Å². The summed E-state index contributed by atoms with van der Waals surface area (Å²) in [6, 6.07) is -0.646. The number of hydrogen-bond acceptors (Lipinski definition) is 3. The van der Waals surface area contributed by atoms with Crippen molar-refractivity contribution in [2.24, 2.45) is 0 Å². The summed E-state index contributed by atoms with van der Waals surface area (Å²) in [7, 11) is 0. The third-order valence-corrected chi connectivity index (χ3v) is 2.24. The van der Waals surface area contributed by atoms with Crippen molar-refractivity contribution in [3.05, 3.63) is 0 Å². The molecule has 0 rings (SSSR count). The Balaban J connectivity index is 4.23. The third-order valence-electron chi connectivity index (χ3n) is 2.24. The molecule has 0 aromatic carbocycles. The monoisotopic (exact) mass is 238 g/mol. The molecular weight excluding hydrogens is 218 g/mol. The van der Waals surface area contributed by atoms with Crippen LogP contribution in [-0.4, -0.2) is 54.6 Å². The van der Waals surface area contributed by atoms with E-state index in [1.165, 1.54) is 4.90 Å². The van der Waals surface area contributed by atoms with Crippen LogP contribution in [0.25, 0.3) is 0 Å². The zero-order valence-corrected chi connectivity index (χ0v) is 9.75. The van der Waals surface area contributed by atoms with E-state index in [4.69, 9.17) is 5.11 Å². The Morgan fingerprint density at radius 2 is 2.12 bits per heavy atom. The van der Waals surface area contributed by atoms with E-state index >= 15 is 0 Å². The van der Waals surface area contributed by atoms with Gasteiger partial charge in [-0.05, 0) is 13.3 Å². The number of hydrogen-bond donors (Lipinski definition) is 2. The molecule has 2 N–H and O–H groups in total. The highest BCUT2D eigenvalue weighted by atomic mass is 19.3. The molecule has 0 saturated carbocycles. The standard InChI is InChI=1S/C10H20F2N2O2/c1-3-4-13-10(16)8(2)14(5-6-15)7-9(11)12/h8-9,15H,3-7H2,1-2H3,(H,13,16). The summed E-state index contributed by atoms with van der Waals surface area (Å²) in [5, 5.41) is 11.4. The second-order valence-corrected chi connectivity index (χ2v) is 3.58. The molecule has 96 valence electrons. The Morgan fingerprint density at radius 3 is 2.56 bits per heavy atom. The van der Waals surface area contributed by atoms with Gasteiger partial charge in [0.2, 0.25) is 5.91 Å². The zero-order valence-electron chi connectivity index (χ0n) is 9.75. The Morgan fingerprint density at radius 1 is 1.50 bits per heavy atom. The molecule has 1 unspecified atom stereocenters. The van der Waals surface area contributed by atoms with Crippen molar-refractivity contribution in [1.82, 2.24) is 10.2 Å². The first-order chi connectivity index (χ1) is 7.52. The fourth-order valence-corrected chi connectivity index (χ4v) is 1.31. The molecule has 0 aliphatic carbocycles. The average molecular weight is 238 g/mol. The van der Waals surface area contributed by atoms with Gasteiger partial charge in [-0.25, -0.2) is 8.78 Å². The molecule has 0 aliphatic heterocycles. The predicted octanol–water partition coefficient (Wildman–Crippen LogP) is 0.460. The van der Waals surface area contributed by atoms with Crippen LogP contribution in [0.5, 0.6) is 0 Å². The molecule has 6 heteroatoms. The van der Waals surface area contributed by atoms with E-state index in [-0.39, 0.29) is 19.1 Å². The van der Waals surface area contributed by atoms with Gasteiger partial charge in [0.25, 0.3) is 6.43 Å². The van der Waals surface area contributed by atoms with Gasteiger partial charge in [0.05, 0.1) is 19.2 Å². The number of nitrogens with zero attached hydrogens (tertiary/aromatic N) is 1. The van der Waals surface area contributed by atoms with E-state index in [9.17, 15) is 13.6 Å². The minimum Gasteiger partial charge on any atom is -0.395 e. The molecule has 0 fully saturated rings. The highest BCUT2D eigenvalue weighted by Gasteiger charge is 2.23. The molecule has 1 atom stereocenters. The van der Waals surface area contributed by atoms with Gasteiger partial charge < -0.3 is 10.4 Å². The molecule has 0 aromatic rings. The Bertz CT molecular complexity index is 203. The Hall–Kier alpha value is -0.750. The quantitative estimate of drug-likeness (QED) is 0.646. The second-order valence-electron chi connectivity index (χ2n) is 3.58. The summed E-state index contributed by atoms with van der Waals surface area (Å²) in [6.07, 6.45) is -1.71. The molecule has 0 bridgehead atoms. The first-order valence-corrected chi connectivity index (χ1v) is 5.43. The van der Waals surface area contributed by atoms with E-state index in [0.717, 1.165) is 6.42 Å². The maximum absolute atomic E-state index is 12.2. The van der Waals surface area contributed by atoms with E-state index < -0.39 is 19.0 Å². The van der Waals surface area contributed by atoms with E-state index in [0.29, 0.717) is 6.54 Å². The lowest BCUT2D eigenvalue weighted by atomic mass is 10.2. The number of carbonyl (C=O) groups excluding carboxylic acids is 1. The van der Waals surface area contributed by atoms with Crippen LogP contribution < -0.4 is 5.32 Å². The van der Waals surface area contributed by atoms with Crippen LogP contribution in [-0.2, 0) is 4.79 Å². The molecule has 0 aromatic heterocycles. The summed E-state index contributed by atoms with van der Waals surface area (Å²) in [5.74, 6) is -0.282. The molecule has 4 nitrogen and oxygen atoms in total. The van der Waals surface area contributed by atoms with Crippen molar-refractivity contribution in [3.8, 4) is 0 Å². The molecular formula is C10H20F2N2O2. The third kappa shape index (κ3) is 5.97. The number of rotatable bonds is 8. The topological polar surface area (TPSA) is 52.6 Å². The van der Waals surface area contributed by atoms with E-state index in [1.54, 1.807) is 6.92 Å². The number of aliphatic hydroxyl groups is 1.